The Morgan fingerprint density at radius 3 is 2.73 bits per heavy atom. The van der Waals surface area contributed by atoms with Crippen molar-refractivity contribution < 1.29 is 13.5 Å². The Kier molecular flexibility index (Phi) is 4.27. The van der Waals surface area contributed by atoms with Crippen LogP contribution >= 0.6 is 11.3 Å². The van der Waals surface area contributed by atoms with E-state index < -0.39 is 16.1 Å². The maximum atomic E-state index is 11.0. The van der Waals surface area contributed by atoms with E-state index in [2.05, 4.69) is 0 Å². The minimum Gasteiger partial charge on any atom is -0.388 e. The molecular weight excluding hydrogens is 234 g/mol. The van der Waals surface area contributed by atoms with E-state index in [4.69, 9.17) is 5.14 Å². The van der Waals surface area contributed by atoms with Crippen LogP contribution in [0.3, 0.4) is 0 Å². The lowest BCUT2D eigenvalue weighted by Crippen LogP contribution is -2.10. The van der Waals surface area contributed by atoms with E-state index in [0.29, 0.717) is 12.0 Å². The zero-order valence-corrected chi connectivity index (χ0v) is 10.1. The van der Waals surface area contributed by atoms with Gasteiger partial charge in [0.2, 0.25) is 10.0 Å². The van der Waals surface area contributed by atoms with E-state index in [1.165, 1.54) is 6.07 Å². The van der Waals surface area contributed by atoms with Gasteiger partial charge in [0.15, 0.2) is 0 Å². The summed E-state index contributed by atoms with van der Waals surface area (Å²) in [5.74, 6) is 0. The molecule has 1 atom stereocenters. The molecule has 0 radical (unpaired) electrons. The Morgan fingerprint density at radius 2 is 2.27 bits per heavy atom. The number of rotatable bonds is 5. The fraction of sp³-hybridized carbons (Fsp3) is 0.556. The van der Waals surface area contributed by atoms with Crippen LogP contribution in [0.15, 0.2) is 15.7 Å². The fourth-order valence-electron chi connectivity index (χ4n) is 1.22. The summed E-state index contributed by atoms with van der Waals surface area (Å²) < 4.78 is 22.1. The van der Waals surface area contributed by atoms with Gasteiger partial charge >= 0.3 is 0 Å². The summed E-state index contributed by atoms with van der Waals surface area (Å²) in [6, 6.07) is 1.44. The second kappa shape index (κ2) is 5.07. The van der Waals surface area contributed by atoms with Gasteiger partial charge in [0, 0.05) is 0 Å². The van der Waals surface area contributed by atoms with Crippen LogP contribution in [0.4, 0.5) is 0 Å². The van der Waals surface area contributed by atoms with Gasteiger partial charge in [-0.3, -0.25) is 0 Å². The smallest absolute Gasteiger partial charge is 0.247 e. The molecule has 0 fully saturated rings. The van der Waals surface area contributed by atoms with Crippen LogP contribution < -0.4 is 5.14 Å². The van der Waals surface area contributed by atoms with E-state index in [1.807, 2.05) is 6.92 Å². The predicted octanol–water partition coefficient (Wildman–Crippen LogP) is 1.62. The number of primary sulfonamides is 1. The van der Waals surface area contributed by atoms with Crippen LogP contribution in [-0.4, -0.2) is 13.5 Å². The SMILES string of the molecule is CCCCC(O)c1csc(S(N)(=O)=O)c1. The zero-order valence-electron chi connectivity index (χ0n) is 8.51. The molecule has 1 aromatic heterocycles. The van der Waals surface area contributed by atoms with E-state index in [9.17, 15) is 13.5 Å². The van der Waals surface area contributed by atoms with Gasteiger partial charge in [0.25, 0.3) is 0 Å². The summed E-state index contributed by atoms with van der Waals surface area (Å²) in [4.78, 5) is 0. The number of hydrogen-bond donors (Lipinski definition) is 2. The number of sulfonamides is 1. The Balaban J connectivity index is 2.76. The van der Waals surface area contributed by atoms with Gasteiger partial charge < -0.3 is 5.11 Å². The third-order valence-electron chi connectivity index (χ3n) is 2.09. The summed E-state index contributed by atoms with van der Waals surface area (Å²) in [5, 5.41) is 16.3. The van der Waals surface area contributed by atoms with Crippen LogP contribution in [0.25, 0.3) is 0 Å². The largest absolute Gasteiger partial charge is 0.388 e. The van der Waals surface area contributed by atoms with Crippen molar-refractivity contribution >= 4 is 21.4 Å². The Labute approximate surface area is 93.8 Å². The van der Waals surface area contributed by atoms with Crippen LogP contribution in [-0.2, 0) is 10.0 Å². The minimum atomic E-state index is -3.63. The lowest BCUT2D eigenvalue weighted by atomic mass is 10.1. The third-order valence-corrected chi connectivity index (χ3v) is 4.50. The van der Waals surface area contributed by atoms with Crippen molar-refractivity contribution in [2.75, 3.05) is 0 Å². The molecule has 0 aliphatic rings. The number of nitrogens with two attached hydrogens (primary N) is 1. The summed E-state index contributed by atoms with van der Waals surface area (Å²) >= 11 is 1.05. The van der Waals surface area contributed by atoms with Crippen molar-refractivity contribution in [3.8, 4) is 0 Å². The first kappa shape index (κ1) is 12.6. The van der Waals surface area contributed by atoms with Gasteiger partial charge in [-0.1, -0.05) is 19.8 Å². The Hall–Kier alpha value is -0.430. The highest BCUT2D eigenvalue weighted by atomic mass is 32.2. The Morgan fingerprint density at radius 1 is 1.60 bits per heavy atom. The van der Waals surface area contributed by atoms with E-state index in [1.54, 1.807) is 5.38 Å². The third kappa shape index (κ3) is 3.57. The monoisotopic (exact) mass is 249 g/mol. The number of unbranched alkanes of at least 4 members (excludes halogenated alkanes) is 1. The van der Waals surface area contributed by atoms with Crippen LogP contribution in [0.2, 0.25) is 0 Å². The molecule has 3 N–H and O–H groups in total. The molecule has 0 aliphatic heterocycles. The molecule has 1 aromatic rings. The van der Waals surface area contributed by atoms with Crippen LogP contribution in [0, 0.1) is 0 Å². The highest BCUT2D eigenvalue weighted by molar-refractivity contribution is 7.91. The highest BCUT2D eigenvalue weighted by Gasteiger charge is 2.15. The molecule has 15 heavy (non-hydrogen) atoms. The quantitative estimate of drug-likeness (QED) is 0.832. The molecule has 0 aromatic carbocycles. The van der Waals surface area contributed by atoms with Gasteiger partial charge in [-0.25, -0.2) is 13.6 Å². The number of aliphatic hydroxyl groups excluding tert-OH is 1. The van der Waals surface area contributed by atoms with Gasteiger partial charge in [-0.05, 0) is 23.4 Å². The van der Waals surface area contributed by atoms with E-state index in [0.717, 1.165) is 24.2 Å². The van der Waals surface area contributed by atoms with Crippen molar-refractivity contribution in [2.24, 2.45) is 5.14 Å². The lowest BCUT2D eigenvalue weighted by Gasteiger charge is -2.06. The van der Waals surface area contributed by atoms with Crippen molar-refractivity contribution in [3.63, 3.8) is 0 Å². The molecule has 1 unspecified atom stereocenters. The maximum Gasteiger partial charge on any atom is 0.247 e. The van der Waals surface area contributed by atoms with Gasteiger partial charge in [0.05, 0.1) is 6.10 Å². The molecule has 1 rings (SSSR count). The molecular formula is C9H15NO3S2. The maximum absolute atomic E-state index is 11.0. The topological polar surface area (TPSA) is 80.4 Å². The average Bonchev–Trinajstić information content (AvgIpc) is 2.62. The lowest BCUT2D eigenvalue weighted by molar-refractivity contribution is 0.164. The predicted molar refractivity (Wildman–Crippen MR) is 60.2 cm³/mol. The minimum absolute atomic E-state index is 0.105. The first-order valence-electron chi connectivity index (χ1n) is 4.74. The van der Waals surface area contributed by atoms with Crippen molar-refractivity contribution in [1.82, 2.24) is 0 Å². The average molecular weight is 249 g/mol. The van der Waals surface area contributed by atoms with Gasteiger partial charge in [0.1, 0.15) is 4.21 Å². The molecule has 0 saturated heterocycles. The van der Waals surface area contributed by atoms with Gasteiger partial charge in [-0.2, -0.15) is 0 Å². The zero-order chi connectivity index (χ0) is 11.5. The number of hydrogen-bond acceptors (Lipinski definition) is 4. The summed E-state index contributed by atoms with van der Waals surface area (Å²) in [6.45, 7) is 2.04. The van der Waals surface area contributed by atoms with Crippen molar-refractivity contribution in [1.29, 1.82) is 0 Å². The molecule has 6 heteroatoms. The highest BCUT2D eigenvalue weighted by Crippen LogP contribution is 2.26. The normalized spacial score (nSPS) is 14.1. The van der Waals surface area contributed by atoms with Crippen LogP contribution in [0.5, 0.6) is 0 Å². The molecule has 0 saturated carbocycles. The standard InChI is InChI=1S/C9H15NO3S2/c1-2-3-4-8(11)7-5-9(14-6-7)15(10,12)13/h5-6,8,11H,2-4H2,1H3,(H2,10,12,13). The number of thiophene rings is 1. The molecule has 0 bridgehead atoms. The van der Waals surface area contributed by atoms with Crippen molar-refractivity contribution in [3.05, 3.63) is 17.0 Å². The molecule has 0 spiro atoms. The molecule has 0 aliphatic carbocycles. The second-order valence-corrected chi connectivity index (χ2v) is 6.10. The van der Waals surface area contributed by atoms with E-state index in [-0.39, 0.29) is 4.21 Å². The van der Waals surface area contributed by atoms with Crippen LogP contribution in [0.1, 0.15) is 37.9 Å². The first-order chi connectivity index (χ1) is 6.95. The van der Waals surface area contributed by atoms with E-state index >= 15 is 0 Å². The summed E-state index contributed by atoms with van der Waals surface area (Å²) in [6.07, 6.45) is 1.99. The molecule has 1 heterocycles. The summed E-state index contributed by atoms with van der Waals surface area (Å²) in [7, 11) is -3.63. The van der Waals surface area contributed by atoms with Gasteiger partial charge in [-0.15, -0.1) is 11.3 Å². The van der Waals surface area contributed by atoms with Crippen molar-refractivity contribution in [2.45, 2.75) is 36.5 Å². The second-order valence-electron chi connectivity index (χ2n) is 3.40. The number of aliphatic hydroxyl groups is 1. The Bertz CT molecular complexity index is 411. The fourth-order valence-corrected chi connectivity index (χ4v) is 2.88. The molecule has 4 nitrogen and oxygen atoms in total. The molecule has 0 amide bonds. The first-order valence-corrected chi connectivity index (χ1v) is 7.17. The summed E-state index contributed by atoms with van der Waals surface area (Å²) in [5.41, 5.74) is 0.637. The molecule has 86 valence electrons.